The van der Waals surface area contributed by atoms with Gasteiger partial charge in [0.15, 0.2) is 0 Å². The highest BCUT2D eigenvalue weighted by molar-refractivity contribution is 5.81. The van der Waals surface area contributed by atoms with Gasteiger partial charge < -0.3 is 10.4 Å². The standard InChI is InChI=1S/C13H24N2O2/c1-10(15-8-7-12(16)9-15)13(17)14-11-5-3-2-4-6-11/h10-12,16H,2-9H2,1H3,(H,14,17). The molecule has 1 amide bonds. The topological polar surface area (TPSA) is 52.6 Å². The van der Waals surface area contributed by atoms with E-state index in [1.165, 1.54) is 19.3 Å². The fourth-order valence-corrected chi connectivity index (χ4v) is 2.85. The van der Waals surface area contributed by atoms with Crippen LogP contribution in [-0.4, -0.2) is 47.2 Å². The summed E-state index contributed by atoms with van der Waals surface area (Å²) in [6.07, 6.45) is 6.58. The Morgan fingerprint density at radius 1 is 1.29 bits per heavy atom. The fourth-order valence-electron chi connectivity index (χ4n) is 2.85. The average Bonchev–Trinajstić information content (AvgIpc) is 2.76. The summed E-state index contributed by atoms with van der Waals surface area (Å²) in [6, 6.07) is 0.278. The Morgan fingerprint density at radius 2 is 2.00 bits per heavy atom. The molecule has 2 fully saturated rings. The Morgan fingerprint density at radius 3 is 2.59 bits per heavy atom. The molecule has 2 N–H and O–H groups in total. The lowest BCUT2D eigenvalue weighted by atomic mass is 9.95. The first-order valence-electron chi connectivity index (χ1n) is 6.89. The Bertz CT molecular complexity index is 264. The Balaban J connectivity index is 1.78. The monoisotopic (exact) mass is 240 g/mol. The van der Waals surface area contributed by atoms with Crippen molar-refractivity contribution in [2.24, 2.45) is 0 Å². The van der Waals surface area contributed by atoms with E-state index in [-0.39, 0.29) is 18.1 Å². The molecule has 0 aromatic carbocycles. The molecule has 0 bridgehead atoms. The highest BCUT2D eigenvalue weighted by Crippen LogP contribution is 2.18. The highest BCUT2D eigenvalue weighted by Gasteiger charge is 2.29. The van der Waals surface area contributed by atoms with Gasteiger partial charge in [-0.1, -0.05) is 19.3 Å². The van der Waals surface area contributed by atoms with Crippen LogP contribution in [-0.2, 0) is 4.79 Å². The van der Waals surface area contributed by atoms with Crippen LogP contribution < -0.4 is 5.32 Å². The number of likely N-dealkylation sites (tertiary alicyclic amines) is 1. The summed E-state index contributed by atoms with van der Waals surface area (Å²) < 4.78 is 0. The van der Waals surface area contributed by atoms with Crippen molar-refractivity contribution in [1.29, 1.82) is 0 Å². The zero-order valence-electron chi connectivity index (χ0n) is 10.7. The molecular formula is C13H24N2O2. The molecular weight excluding hydrogens is 216 g/mol. The summed E-state index contributed by atoms with van der Waals surface area (Å²) in [5.74, 6) is 0.131. The number of carbonyl (C=O) groups is 1. The van der Waals surface area contributed by atoms with E-state index in [1.807, 2.05) is 6.92 Å². The molecule has 2 unspecified atom stereocenters. The largest absolute Gasteiger partial charge is 0.392 e. The summed E-state index contributed by atoms with van der Waals surface area (Å²) in [5.41, 5.74) is 0. The van der Waals surface area contributed by atoms with Crippen LogP contribution in [0, 0.1) is 0 Å². The van der Waals surface area contributed by atoms with Crippen LogP contribution in [0.1, 0.15) is 45.4 Å². The maximum absolute atomic E-state index is 12.1. The molecule has 1 aliphatic carbocycles. The quantitative estimate of drug-likeness (QED) is 0.770. The lowest BCUT2D eigenvalue weighted by Gasteiger charge is -2.28. The third-order valence-corrected chi connectivity index (χ3v) is 4.07. The van der Waals surface area contributed by atoms with Gasteiger partial charge in [-0.25, -0.2) is 0 Å². The third kappa shape index (κ3) is 3.42. The van der Waals surface area contributed by atoms with Gasteiger partial charge in [0.05, 0.1) is 12.1 Å². The highest BCUT2D eigenvalue weighted by atomic mass is 16.3. The first kappa shape index (κ1) is 12.8. The molecule has 4 heteroatoms. The molecule has 0 spiro atoms. The number of nitrogens with one attached hydrogen (secondary N) is 1. The van der Waals surface area contributed by atoms with Crippen molar-refractivity contribution in [2.75, 3.05) is 13.1 Å². The number of aliphatic hydroxyl groups is 1. The summed E-state index contributed by atoms with van der Waals surface area (Å²) in [5, 5.41) is 12.6. The lowest BCUT2D eigenvalue weighted by molar-refractivity contribution is -0.126. The number of aliphatic hydroxyl groups excluding tert-OH is 1. The van der Waals surface area contributed by atoms with E-state index < -0.39 is 0 Å². The van der Waals surface area contributed by atoms with Crippen molar-refractivity contribution in [3.8, 4) is 0 Å². The Hall–Kier alpha value is -0.610. The predicted molar refractivity (Wildman–Crippen MR) is 66.7 cm³/mol. The number of rotatable bonds is 3. The average molecular weight is 240 g/mol. The van der Waals surface area contributed by atoms with Crippen LogP contribution >= 0.6 is 0 Å². The molecule has 2 rings (SSSR count). The summed E-state index contributed by atoms with van der Waals surface area (Å²) in [7, 11) is 0. The van der Waals surface area contributed by atoms with Gasteiger partial charge in [0.2, 0.25) is 5.91 Å². The lowest BCUT2D eigenvalue weighted by Crippen LogP contribution is -2.48. The molecule has 2 aliphatic rings. The Labute approximate surface area is 103 Å². The van der Waals surface area contributed by atoms with E-state index in [1.54, 1.807) is 0 Å². The maximum Gasteiger partial charge on any atom is 0.237 e. The minimum Gasteiger partial charge on any atom is -0.392 e. The van der Waals surface area contributed by atoms with Gasteiger partial charge >= 0.3 is 0 Å². The number of amides is 1. The second-order valence-corrected chi connectivity index (χ2v) is 5.46. The van der Waals surface area contributed by atoms with E-state index in [9.17, 15) is 9.90 Å². The van der Waals surface area contributed by atoms with Crippen molar-refractivity contribution >= 4 is 5.91 Å². The van der Waals surface area contributed by atoms with Gasteiger partial charge in [-0.15, -0.1) is 0 Å². The Kier molecular flexibility index (Phi) is 4.40. The molecule has 1 saturated heterocycles. The number of hydrogen-bond donors (Lipinski definition) is 2. The van der Waals surface area contributed by atoms with Gasteiger partial charge in [0, 0.05) is 19.1 Å². The molecule has 1 saturated carbocycles. The fraction of sp³-hybridized carbons (Fsp3) is 0.923. The van der Waals surface area contributed by atoms with Crippen molar-refractivity contribution in [1.82, 2.24) is 10.2 Å². The van der Waals surface area contributed by atoms with Gasteiger partial charge in [0.25, 0.3) is 0 Å². The van der Waals surface area contributed by atoms with Crippen LogP contribution in [0.2, 0.25) is 0 Å². The van der Waals surface area contributed by atoms with E-state index in [0.717, 1.165) is 25.8 Å². The molecule has 1 heterocycles. The normalized spacial score (nSPS) is 29.2. The second kappa shape index (κ2) is 5.83. The van der Waals surface area contributed by atoms with E-state index in [4.69, 9.17) is 0 Å². The van der Waals surface area contributed by atoms with Crippen molar-refractivity contribution in [3.05, 3.63) is 0 Å². The van der Waals surface area contributed by atoms with Crippen molar-refractivity contribution < 1.29 is 9.90 Å². The molecule has 0 aromatic heterocycles. The summed E-state index contributed by atoms with van der Waals surface area (Å²) >= 11 is 0. The van der Waals surface area contributed by atoms with Gasteiger partial charge in [-0.3, -0.25) is 9.69 Å². The molecule has 4 nitrogen and oxygen atoms in total. The van der Waals surface area contributed by atoms with Crippen LogP contribution in [0.3, 0.4) is 0 Å². The molecule has 17 heavy (non-hydrogen) atoms. The first-order chi connectivity index (χ1) is 8.16. The van der Waals surface area contributed by atoms with Crippen LogP contribution in [0.5, 0.6) is 0 Å². The number of carbonyl (C=O) groups excluding carboxylic acids is 1. The predicted octanol–water partition coefficient (Wildman–Crippen LogP) is 0.890. The van der Waals surface area contributed by atoms with Crippen LogP contribution in [0.25, 0.3) is 0 Å². The van der Waals surface area contributed by atoms with Crippen LogP contribution in [0.15, 0.2) is 0 Å². The van der Waals surface area contributed by atoms with Crippen LogP contribution in [0.4, 0.5) is 0 Å². The zero-order valence-corrected chi connectivity index (χ0v) is 10.7. The molecule has 0 radical (unpaired) electrons. The molecule has 0 aromatic rings. The number of nitrogens with zero attached hydrogens (tertiary/aromatic N) is 1. The smallest absolute Gasteiger partial charge is 0.237 e. The first-order valence-corrected chi connectivity index (χ1v) is 6.89. The number of β-amino-alcohol motifs (C(OH)–C–C–N with tert-alkyl or cyclic N) is 1. The molecule has 98 valence electrons. The van der Waals surface area contributed by atoms with E-state index in [2.05, 4.69) is 10.2 Å². The minimum absolute atomic E-state index is 0.103. The van der Waals surface area contributed by atoms with E-state index >= 15 is 0 Å². The van der Waals surface area contributed by atoms with Crippen molar-refractivity contribution in [3.63, 3.8) is 0 Å². The van der Waals surface area contributed by atoms with Crippen molar-refractivity contribution in [2.45, 2.75) is 63.6 Å². The second-order valence-electron chi connectivity index (χ2n) is 5.46. The molecule has 1 aliphatic heterocycles. The maximum atomic E-state index is 12.1. The summed E-state index contributed by atoms with van der Waals surface area (Å²) in [4.78, 5) is 14.1. The SMILES string of the molecule is CC(C(=O)NC1CCCCC1)N1CCC(O)C1. The van der Waals surface area contributed by atoms with Gasteiger partial charge in [-0.2, -0.15) is 0 Å². The summed E-state index contributed by atoms with van der Waals surface area (Å²) in [6.45, 7) is 3.41. The van der Waals surface area contributed by atoms with E-state index in [0.29, 0.717) is 12.6 Å². The minimum atomic E-state index is -0.250. The number of hydrogen-bond acceptors (Lipinski definition) is 3. The van der Waals surface area contributed by atoms with Gasteiger partial charge in [0.1, 0.15) is 0 Å². The zero-order chi connectivity index (χ0) is 12.3. The third-order valence-electron chi connectivity index (χ3n) is 4.07. The van der Waals surface area contributed by atoms with Gasteiger partial charge in [-0.05, 0) is 26.2 Å². The molecule has 2 atom stereocenters.